The van der Waals surface area contributed by atoms with Gasteiger partial charge in [-0.15, -0.1) is 11.3 Å². The second kappa shape index (κ2) is 3.88. The Balaban J connectivity index is 2.25. The summed E-state index contributed by atoms with van der Waals surface area (Å²) in [5.74, 6) is 0.743. The van der Waals surface area contributed by atoms with Gasteiger partial charge in [0.05, 0.1) is 5.01 Å². The summed E-state index contributed by atoms with van der Waals surface area (Å²) in [7, 11) is 0. The van der Waals surface area contributed by atoms with Crippen molar-refractivity contribution in [3.63, 3.8) is 0 Å². The van der Waals surface area contributed by atoms with Gasteiger partial charge in [-0.2, -0.15) is 0 Å². The third kappa shape index (κ3) is 1.71. The fourth-order valence-corrected chi connectivity index (χ4v) is 2.98. The summed E-state index contributed by atoms with van der Waals surface area (Å²) >= 11 is 1.70. The Morgan fingerprint density at radius 2 is 1.83 bits per heavy atom. The molecule has 0 bridgehead atoms. The zero-order valence-electron chi connectivity index (χ0n) is 10.9. The number of hydrogen-bond acceptors (Lipinski definition) is 4. The number of aryl methyl sites for hydroxylation is 4. The number of aromatic nitrogens is 4. The van der Waals surface area contributed by atoms with Crippen LogP contribution in [-0.2, 0) is 0 Å². The Morgan fingerprint density at radius 3 is 2.50 bits per heavy atom. The van der Waals surface area contributed by atoms with E-state index in [1.807, 2.05) is 24.4 Å². The summed E-state index contributed by atoms with van der Waals surface area (Å²) in [5, 5.41) is 1.07. The minimum Gasteiger partial charge on any atom is -0.288 e. The highest BCUT2D eigenvalue weighted by atomic mass is 32.1. The normalized spacial score (nSPS) is 11.3. The monoisotopic (exact) mass is 258 g/mol. The Bertz CT molecular complexity index is 739. The summed E-state index contributed by atoms with van der Waals surface area (Å²) in [5.41, 5.74) is 4.00. The molecule has 0 atom stereocenters. The molecular formula is C13H14N4S. The number of nitrogens with zero attached hydrogens (tertiary/aromatic N) is 4. The van der Waals surface area contributed by atoms with E-state index >= 15 is 0 Å². The summed E-state index contributed by atoms with van der Waals surface area (Å²) in [6.45, 7) is 8.14. The van der Waals surface area contributed by atoms with Crippen molar-refractivity contribution in [3.05, 3.63) is 33.5 Å². The Hall–Kier alpha value is -1.75. The molecule has 3 rings (SSSR count). The van der Waals surface area contributed by atoms with E-state index in [0.717, 1.165) is 33.6 Å². The standard InChI is InChI=1S/C13H14N4S/c1-7-5-8(2)17-6-11(16-13(17)14-7)12-9(3)18-10(4)15-12/h5-6H,1-4H3. The van der Waals surface area contributed by atoms with E-state index in [2.05, 4.69) is 34.9 Å². The van der Waals surface area contributed by atoms with Crippen LogP contribution in [0.5, 0.6) is 0 Å². The Labute approximate surface area is 109 Å². The maximum Gasteiger partial charge on any atom is 0.234 e. The van der Waals surface area contributed by atoms with Gasteiger partial charge in [-0.05, 0) is 33.8 Å². The van der Waals surface area contributed by atoms with Crippen LogP contribution < -0.4 is 0 Å². The van der Waals surface area contributed by atoms with Gasteiger partial charge in [0.25, 0.3) is 0 Å². The van der Waals surface area contributed by atoms with Crippen molar-refractivity contribution in [2.24, 2.45) is 0 Å². The van der Waals surface area contributed by atoms with Crippen molar-refractivity contribution in [3.8, 4) is 11.4 Å². The van der Waals surface area contributed by atoms with E-state index in [-0.39, 0.29) is 0 Å². The van der Waals surface area contributed by atoms with Crippen LogP contribution in [-0.4, -0.2) is 19.4 Å². The van der Waals surface area contributed by atoms with Gasteiger partial charge in [-0.25, -0.2) is 15.0 Å². The number of imidazole rings is 1. The zero-order valence-corrected chi connectivity index (χ0v) is 11.7. The number of thiazole rings is 1. The van der Waals surface area contributed by atoms with Crippen LogP contribution in [0.15, 0.2) is 12.3 Å². The summed E-state index contributed by atoms with van der Waals surface area (Å²) < 4.78 is 2.01. The van der Waals surface area contributed by atoms with Crippen LogP contribution in [0.4, 0.5) is 0 Å². The SMILES string of the molecule is Cc1cc(C)n2cc(-c3nc(C)sc3C)nc2n1. The lowest BCUT2D eigenvalue weighted by Gasteiger charge is -1.98. The molecular weight excluding hydrogens is 244 g/mol. The fourth-order valence-electron chi connectivity index (χ4n) is 2.15. The highest BCUT2D eigenvalue weighted by Crippen LogP contribution is 2.26. The molecule has 4 nitrogen and oxygen atoms in total. The first kappa shape index (κ1) is 11.3. The van der Waals surface area contributed by atoms with E-state index in [1.165, 1.54) is 4.88 Å². The van der Waals surface area contributed by atoms with Crippen molar-refractivity contribution < 1.29 is 0 Å². The average molecular weight is 258 g/mol. The summed E-state index contributed by atoms with van der Waals surface area (Å²) in [4.78, 5) is 14.8. The highest BCUT2D eigenvalue weighted by Gasteiger charge is 2.13. The number of fused-ring (bicyclic) bond motifs is 1. The van der Waals surface area contributed by atoms with Crippen molar-refractivity contribution in [2.45, 2.75) is 27.7 Å². The van der Waals surface area contributed by atoms with Crippen LogP contribution in [0, 0.1) is 27.7 Å². The van der Waals surface area contributed by atoms with Crippen LogP contribution >= 0.6 is 11.3 Å². The maximum absolute atomic E-state index is 4.57. The van der Waals surface area contributed by atoms with Gasteiger partial charge in [-0.3, -0.25) is 4.40 Å². The van der Waals surface area contributed by atoms with Crippen LogP contribution in [0.1, 0.15) is 21.3 Å². The molecule has 92 valence electrons. The third-order valence-corrected chi connectivity index (χ3v) is 3.79. The molecule has 0 aliphatic carbocycles. The zero-order chi connectivity index (χ0) is 12.9. The molecule has 18 heavy (non-hydrogen) atoms. The van der Waals surface area contributed by atoms with Crippen LogP contribution in [0.25, 0.3) is 17.2 Å². The predicted octanol–water partition coefficient (Wildman–Crippen LogP) is 3.09. The quantitative estimate of drug-likeness (QED) is 0.673. The lowest BCUT2D eigenvalue weighted by atomic mass is 10.3. The predicted molar refractivity (Wildman–Crippen MR) is 73.0 cm³/mol. The molecule has 5 heteroatoms. The van der Waals surface area contributed by atoms with Crippen molar-refractivity contribution >= 4 is 17.1 Å². The summed E-state index contributed by atoms with van der Waals surface area (Å²) in [6.07, 6.45) is 2.01. The molecule has 0 amide bonds. The smallest absolute Gasteiger partial charge is 0.234 e. The Kier molecular flexibility index (Phi) is 2.45. The molecule has 3 aromatic rings. The largest absolute Gasteiger partial charge is 0.288 e. The van der Waals surface area contributed by atoms with Gasteiger partial charge in [0.1, 0.15) is 11.4 Å². The van der Waals surface area contributed by atoms with Crippen molar-refractivity contribution in [1.82, 2.24) is 19.4 Å². The molecule has 3 heterocycles. The maximum atomic E-state index is 4.57. The minimum absolute atomic E-state index is 0.743. The van der Waals surface area contributed by atoms with Gasteiger partial charge in [-0.1, -0.05) is 0 Å². The molecule has 0 saturated carbocycles. The molecule has 0 unspecified atom stereocenters. The second-order valence-corrected chi connectivity index (χ2v) is 5.88. The summed E-state index contributed by atoms with van der Waals surface area (Å²) in [6, 6.07) is 2.05. The van der Waals surface area contributed by atoms with Gasteiger partial charge in [0.2, 0.25) is 5.78 Å². The molecule has 0 aliphatic rings. The minimum atomic E-state index is 0.743. The van der Waals surface area contributed by atoms with Crippen LogP contribution in [0.2, 0.25) is 0 Å². The molecule has 0 radical (unpaired) electrons. The molecule has 0 fully saturated rings. The molecule has 0 aromatic carbocycles. The van der Waals surface area contributed by atoms with E-state index < -0.39 is 0 Å². The van der Waals surface area contributed by atoms with Crippen molar-refractivity contribution in [1.29, 1.82) is 0 Å². The van der Waals surface area contributed by atoms with Gasteiger partial charge in [0.15, 0.2) is 0 Å². The Morgan fingerprint density at radius 1 is 1.06 bits per heavy atom. The van der Waals surface area contributed by atoms with E-state index in [9.17, 15) is 0 Å². The average Bonchev–Trinajstić information content (AvgIpc) is 2.81. The first-order chi connectivity index (χ1) is 8.54. The first-order valence-electron chi connectivity index (χ1n) is 5.82. The van der Waals surface area contributed by atoms with Gasteiger partial charge < -0.3 is 0 Å². The van der Waals surface area contributed by atoms with E-state index in [0.29, 0.717) is 0 Å². The first-order valence-corrected chi connectivity index (χ1v) is 6.64. The topological polar surface area (TPSA) is 43.1 Å². The molecule has 3 aromatic heterocycles. The fraction of sp³-hybridized carbons (Fsp3) is 0.308. The number of hydrogen-bond donors (Lipinski definition) is 0. The molecule has 0 saturated heterocycles. The molecule has 0 spiro atoms. The third-order valence-electron chi connectivity index (χ3n) is 2.91. The lowest BCUT2D eigenvalue weighted by Crippen LogP contribution is -1.94. The van der Waals surface area contributed by atoms with Crippen molar-refractivity contribution in [2.75, 3.05) is 0 Å². The van der Waals surface area contributed by atoms with Crippen LogP contribution in [0.3, 0.4) is 0 Å². The van der Waals surface area contributed by atoms with Gasteiger partial charge in [0, 0.05) is 22.5 Å². The molecule has 0 N–H and O–H groups in total. The van der Waals surface area contributed by atoms with E-state index in [4.69, 9.17) is 0 Å². The number of rotatable bonds is 1. The van der Waals surface area contributed by atoms with E-state index in [1.54, 1.807) is 11.3 Å². The lowest BCUT2D eigenvalue weighted by molar-refractivity contribution is 1.01. The molecule has 0 aliphatic heterocycles. The van der Waals surface area contributed by atoms with Gasteiger partial charge >= 0.3 is 0 Å². The second-order valence-electron chi connectivity index (χ2n) is 4.47. The highest BCUT2D eigenvalue weighted by molar-refractivity contribution is 7.11.